The van der Waals surface area contributed by atoms with Gasteiger partial charge in [-0.15, -0.1) is 0 Å². The molecule has 6 heteroatoms. The lowest BCUT2D eigenvalue weighted by molar-refractivity contribution is 1.11. The lowest BCUT2D eigenvalue weighted by Crippen LogP contribution is -2.02. The summed E-state index contributed by atoms with van der Waals surface area (Å²) in [6.45, 7) is 3.95. The van der Waals surface area contributed by atoms with Gasteiger partial charge in [-0.1, -0.05) is 12.1 Å². The van der Waals surface area contributed by atoms with Gasteiger partial charge in [0.15, 0.2) is 0 Å². The average Bonchev–Trinajstić information content (AvgIpc) is 2.57. The molecular formula is C19H16BrN5. The van der Waals surface area contributed by atoms with Crippen molar-refractivity contribution in [2.24, 2.45) is 0 Å². The summed E-state index contributed by atoms with van der Waals surface area (Å²) in [5, 5.41) is 15.4. The third kappa shape index (κ3) is 4.34. The van der Waals surface area contributed by atoms with Crippen LogP contribution in [0, 0.1) is 25.2 Å². The zero-order valence-electron chi connectivity index (χ0n) is 13.8. The molecule has 2 aromatic carbocycles. The second-order valence-corrected chi connectivity index (χ2v) is 6.50. The maximum Gasteiger partial charge on any atom is 0.229 e. The quantitative estimate of drug-likeness (QED) is 0.635. The van der Waals surface area contributed by atoms with Crippen LogP contribution in [0.2, 0.25) is 0 Å². The summed E-state index contributed by atoms with van der Waals surface area (Å²) in [5.41, 5.74) is 4.29. The summed E-state index contributed by atoms with van der Waals surface area (Å²) in [6.07, 6.45) is 0. The smallest absolute Gasteiger partial charge is 0.229 e. The van der Waals surface area contributed by atoms with Crippen LogP contribution in [-0.4, -0.2) is 9.97 Å². The molecule has 0 fully saturated rings. The number of hydrogen-bond donors (Lipinski definition) is 2. The maximum atomic E-state index is 9.00. The van der Waals surface area contributed by atoms with E-state index in [0.29, 0.717) is 17.3 Å². The van der Waals surface area contributed by atoms with Crippen molar-refractivity contribution >= 4 is 39.1 Å². The number of aryl methyl sites for hydroxylation is 2. The second-order valence-electron chi connectivity index (χ2n) is 5.64. The SMILES string of the molecule is Cc1ccc(Nc2cc(C)nc(Nc3cccc(C#N)c3)n2)c(Br)c1. The molecule has 0 aliphatic heterocycles. The van der Waals surface area contributed by atoms with Crippen molar-refractivity contribution in [3.05, 3.63) is 69.8 Å². The van der Waals surface area contributed by atoms with E-state index >= 15 is 0 Å². The Labute approximate surface area is 154 Å². The van der Waals surface area contributed by atoms with Gasteiger partial charge in [-0.05, 0) is 65.7 Å². The molecule has 2 N–H and O–H groups in total. The third-order valence-corrected chi connectivity index (χ3v) is 4.15. The van der Waals surface area contributed by atoms with E-state index < -0.39 is 0 Å². The predicted molar refractivity (Wildman–Crippen MR) is 103 cm³/mol. The third-order valence-electron chi connectivity index (χ3n) is 3.49. The molecule has 0 amide bonds. The van der Waals surface area contributed by atoms with Gasteiger partial charge in [0.1, 0.15) is 5.82 Å². The van der Waals surface area contributed by atoms with Crippen LogP contribution in [0.15, 0.2) is 53.0 Å². The summed E-state index contributed by atoms with van der Waals surface area (Å²) in [7, 11) is 0. The first-order valence-electron chi connectivity index (χ1n) is 7.69. The zero-order valence-corrected chi connectivity index (χ0v) is 15.4. The van der Waals surface area contributed by atoms with Gasteiger partial charge in [0, 0.05) is 21.9 Å². The van der Waals surface area contributed by atoms with Crippen LogP contribution in [0.4, 0.5) is 23.1 Å². The highest BCUT2D eigenvalue weighted by Gasteiger charge is 2.06. The molecule has 0 radical (unpaired) electrons. The van der Waals surface area contributed by atoms with Gasteiger partial charge in [0.2, 0.25) is 5.95 Å². The molecule has 0 saturated carbocycles. The molecule has 0 bridgehead atoms. The van der Waals surface area contributed by atoms with Crippen molar-refractivity contribution in [1.82, 2.24) is 9.97 Å². The topological polar surface area (TPSA) is 73.6 Å². The van der Waals surface area contributed by atoms with E-state index in [-0.39, 0.29) is 0 Å². The van der Waals surface area contributed by atoms with Gasteiger partial charge < -0.3 is 10.6 Å². The van der Waals surface area contributed by atoms with E-state index in [1.807, 2.05) is 50.2 Å². The number of aromatic nitrogens is 2. The highest BCUT2D eigenvalue weighted by molar-refractivity contribution is 9.10. The van der Waals surface area contributed by atoms with Crippen LogP contribution >= 0.6 is 15.9 Å². The molecule has 1 heterocycles. The molecule has 124 valence electrons. The van der Waals surface area contributed by atoms with Crippen molar-refractivity contribution in [3.63, 3.8) is 0 Å². The Bertz CT molecular complexity index is 962. The van der Waals surface area contributed by atoms with E-state index in [0.717, 1.165) is 21.5 Å². The number of nitrogens with one attached hydrogen (secondary N) is 2. The fraction of sp³-hybridized carbons (Fsp3) is 0.105. The lowest BCUT2D eigenvalue weighted by atomic mass is 10.2. The van der Waals surface area contributed by atoms with E-state index in [1.165, 1.54) is 5.56 Å². The number of hydrogen-bond acceptors (Lipinski definition) is 5. The van der Waals surface area contributed by atoms with Crippen LogP contribution in [0.3, 0.4) is 0 Å². The number of halogens is 1. The second kappa shape index (κ2) is 7.32. The minimum absolute atomic E-state index is 0.473. The lowest BCUT2D eigenvalue weighted by Gasteiger charge is -2.11. The Morgan fingerprint density at radius 1 is 1.00 bits per heavy atom. The number of benzene rings is 2. The van der Waals surface area contributed by atoms with E-state index in [4.69, 9.17) is 5.26 Å². The molecular weight excluding hydrogens is 378 g/mol. The van der Waals surface area contributed by atoms with Crippen LogP contribution in [-0.2, 0) is 0 Å². The van der Waals surface area contributed by atoms with Gasteiger partial charge in [-0.2, -0.15) is 10.2 Å². The van der Waals surface area contributed by atoms with Gasteiger partial charge in [0.05, 0.1) is 17.3 Å². The molecule has 0 spiro atoms. The minimum Gasteiger partial charge on any atom is -0.339 e. The van der Waals surface area contributed by atoms with Gasteiger partial charge in [-0.25, -0.2) is 4.98 Å². The van der Waals surface area contributed by atoms with Crippen molar-refractivity contribution in [1.29, 1.82) is 5.26 Å². The number of nitriles is 1. The summed E-state index contributed by atoms with van der Waals surface area (Å²) < 4.78 is 0.972. The molecule has 3 aromatic rings. The molecule has 3 rings (SSSR count). The number of rotatable bonds is 4. The highest BCUT2D eigenvalue weighted by Crippen LogP contribution is 2.27. The Morgan fingerprint density at radius 3 is 2.60 bits per heavy atom. The van der Waals surface area contributed by atoms with Crippen molar-refractivity contribution in [2.45, 2.75) is 13.8 Å². The molecule has 0 atom stereocenters. The van der Waals surface area contributed by atoms with Crippen LogP contribution in [0.25, 0.3) is 0 Å². The first-order valence-corrected chi connectivity index (χ1v) is 8.49. The predicted octanol–water partition coefficient (Wildman–Crippen LogP) is 5.21. The maximum absolute atomic E-state index is 9.00. The summed E-state index contributed by atoms with van der Waals surface area (Å²) in [5.74, 6) is 1.16. The minimum atomic E-state index is 0.473. The fourth-order valence-electron chi connectivity index (χ4n) is 2.34. The summed E-state index contributed by atoms with van der Waals surface area (Å²) in [4.78, 5) is 8.91. The average molecular weight is 394 g/mol. The van der Waals surface area contributed by atoms with Crippen molar-refractivity contribution in [3.8, 4) is 6.07 Å². The molecule has 5 nitrogen and oxygen atoms in total. The van der Waals surface area contributed by atoms with Crippen LogP contribution < -0.4 is 10.6 Å². The highest BCUT2D eigenvalue weighted by atomic mass is 79.9. The largest absolute Gasteiger partial charge is 0.339 e. The molecule has 1 aromatic heterocycles. The number of anilines is 4. The van der Waals surface area contributed by atoms with Gasteiger partial charge in [0.25, 0.3) is 0 Å². The monoisotopic (exact) mass is 393 g/mol. The van der Waals surface area contributed by atoms with Crippen molar-refractivity contribution in [2.75, 3.05) is 10.6 Å². The Kier molecular flexibility index (Phi) is 4.96. The number of nitrogens with zero attached hydrogens (tertiary/aromatic N) is 3. The normalized spacial score (nSPS) is 10.2. The Balaban J connectivity index is 1.86. The standard InChI is InChI=1S/C19H16BrN5/c1-12-6-7-17(16(20)8-12)24-18-9-13(2)22-19(25-18)23-15-5-3-4-14(10-15)11-21/h3-10H,1-2H3,(H2,22,23,24,25). The molecule has 0 unspecified atom stereocenters. The first kappa shape index (κ1) is 16.9. The molecule has 0 aliphatic carbocycles. The molecule has 25 heavy (non-hydrogen) atoms. The van der Waals surface area contributed by atoms with Crippen molar-refractivity contribution < 1.29 is 0 Å². The van der Waals surface area contributed by atoms with Crippen LogP contribution in [0.5, 0.6) is 0 Å². The van der Waals surface area contributed by atoms with Crippen LogP contribution in [0.1, 0.15) is 16.8 Å². The van der Waals surface area contributed by atoms with E-state index in [1.54, 1.807) is 12.1 Å². The summed E-state index contributed by atoms with van der Waals surface area (Å²) in [6, 6.07) is 17.3. The molecule has 0 aliphatic rings. The van der Waals surface area contributed by atoms with Gasteiger partial charge >= 0.3 is 0 Å². The van der Waals surface area contributed by atoms with E-state index in [9.17, 15) is 0 Å². The van der Waals surface area contributed by atoms with Gasteiger partial charge in [-0.3, -0.25) is 0 Å². The first-order chi connectivity index (χ1) is 12.0. The fourth-order valence-corrected chi connectivity index (χ4v) is 2.94. The van der Waals surface area contributed by atoms with E-state index in [2.05, 4.69) is 42.6 Å². The Hall–Kier alpha value is -2.91. The Morgan fingerprint density at radius 2 is 1.84 bits per heavy atom. The summed E-state index contributed by atoms with van der Waals surface area (Å²) >= 11 is 3.56. The zero-order chi connectivity index (χ0) is 17.8. The molecule has 0 saturated heterocycles.